The molecule has 1 aromatic heterocycles. The van der Waals surface area contributed by atoms with Gasteiger partial charge in [-0.1, -0.05) is 53.0 Å². The summed E-state index contributed by atoms with van der Waals surface area (Å²) < 4.78 is 5.69. The van der Waals surface area contributed by atoms with Crippen molar-refractivity contribution in [3.05, 3.63) is 81.0 Å². The SMILES string of the molecule is N#C/C(=C\c1ccc(-c2cccc(Cl)c2Cl)o1)C(=O)Nc1ccccc1Cl. The summed E-state index contributed by atoms with van der Waals surface area (Å²) in [7, 11) is 0. The van der Waals surface area contributed by atoms with Crippen LogP contribution in [0.15, 0.2) is 64.6 Å². The van der Waals surface area contributed by atoms with Crippen LogP contribution < -0.4 is 5.32 Å². The zero-order valence-electron chi connectivity index (χ0n) is 13.7. The second-order valence-corrected chi connectivity index (χ2v) is 6.60. The van der Waals surface area contributed by atoms with Crippen LogP contribution in [0.2, 0.25) is 15.1 Å². The molecule has 1 heterocycles. The first-order valence-corrected chi connectivity index (χ1v) is 8.85. The second kappa shape index (κ2) is 8.32. The van der Waals surface area contributed by atoms with E-state index in [1.807, 2.05) is 6.07 Å². The standard InChI is InChI=1S/C20H11Cl3N2O2/c21-15-5-1-2-7-17(15)25-20(26)12(11-24)10-13-8-9-18(27-13)14-4-3-6-16(22)19(14)23/h1-10H,(H,25,26)/b12-10+. The Morgan fingerprint density at radius 2 is 1.74 bits per heavy atom. The van der Waals surface area contributed by atoms with Gasteiger partial charge in [0, 0.05) is 11.6 Å². The number of rotatable bonds is 4. The maximum Gasteiger partial charge on any atom is 0.266 e. The van der Waals surface area contributed by atoms with Crippen LogP contribution in [-0.4, -0.2) is 5.91 Å². The van der Waals surface area contributed by atoms with Crippen molar-refractivity contribution >= 4 is 52.5 Å². The largest absolute Gasteiger partial charge is 0.457 e. The fraction of sp³-hybridized carbons (Fsp3) is 0. The molecule has 3 rings (SSSR count). The molecule has 0 atom stereocenters. The molecule has 0 fully saturated rings. The van der Waals surface area contributed by atoms with Crippen LogP contribution in [0.3, 0.4) is 0 Å². The van der Waals surface area contributed by atoms with E-state index in [0.29, 0.717) is 37.8 Å². The molecule has 0 saturated carbocycles. The molecule has 27 heavy (non-hydrogen) atoms. The molecular weight excluding hydrogens is 407 g/mol. The third-order valence-corrected chi connectivity index (χ3v) is 4.77. The number of halogens is 3. The Morgan fingerprint density at radius 3 is 2.48 bits per heavy atom. The van der Waals surface area contributed by atoms with E-state index in [2.05, 4.69) is 5.32 Å². The van der Waals surface area contributed by atoms with Gasteiger partial charge in [-0.25, -0.2) is 0 Å². The highest BCUT2D eigenvalue weighted by molar-refractivity contribution is 6.43. The van der Waals surface area contributed by atoms with Crippen LogP contribution in [0.25, 0.3) is 17.4 Å². The summed E-state index contributed by atoms with van der Waals surface area (Å²) in [4.78, 5) is 12.3. The minimum absolute atomic E-state index is 0.131. The first-order chi connectivity index (χ1) is 13.0. The van der Waals surface area contributed by atoms with Gasteiger partial charge in [-0.05, 0) is 36.4 Å². The van der Waals surface area contributed by atoms with Crippen molar-refractivity contribution in [2.45, 2.75) is 0 Å². The van der Waals surface area contributed by atoms with E-state index in [0.717, 1.165) is 0 Å². The summed E-state index contributed by atoms with van der Waals surface area (Å²) in [5, 5.41) is 13.1. The molecule has 1 N–H and O–H groups in total. The number of hydrogen-bond donors (Lipinski definition) is 1. The Morgan fingerprint density at radius 1 is 1.00 bits per heavy atom. The van der Waals surface area contributed by atoms with Crippen LogP contribution in [-0.2, 0) is 4.79 Å². The topological polar surface area (TPSA) is 66.0 Å². The molecule has 0 spiro atoms. The predicted molar refractivity (Wildman–Crippen MR) is 108 cm³/mol. The van der Waals surface area contributed by atoms with Crippen LogP contribution in [0, 0.1) is 11.3 Å². The number of nitrogens with zero attached hydrogens (tertiary/aromatic N) is 1. The smallest absolute Gasteiger partial charge is 0.266 e. The lowest BCUT2D eigenvalue weighted by Gasteiger charge is -2.05. The van der Waals surface area contributed by atoms with Gasteiger partial charge in [0.05, 0.1) is 20.8 Å². The lowest BCUT2D eigenvalue weighted by molar-refractivity contribution is -0.112. The molecule has 4 nitrogen and oxygen atoms in total. The Kier molecular flexibility index (Phi) is 5.88. The minimum atomic E-state index is -0.593. The maximum atomic E-state index is 12.3. The third-order valence-electron chi connectivity index (χ3n) is 3.62. The molecule has 134 valence electrons. The molecule has 2 aromatic carbocycles. The minimum Gasteiger partial charge on any atom is -0.457 e. The summed E-state index contributed by atoms with van der Waals surface area (Å²) in [6.45, 7) is 0. The molecule has 0 saturated heterocycles. The van der Waals surface area contributed by atoms with Crippen molar-refractivity contribution in [2.75, 3.05) is 5.32 Å². The molecule has 0 unspecified atom stereocenters. The monoisotopic (exact) mass is 416 g/mol. The molecule has 3 aromatic rings. The highest BCUT2D eigenvalue weighted by Gasteiger charge is 2.14. The summed E-state index contributed by atoms with van der Waals surface area (Å²) >= 11 is 18.2. The lowest BCUT2D eigenvalue weighted by Crippen LogP contribution is -2.13. The first kappa shape index (κ1) is 19.1. The number of nitriles is 1. The number of nitrogens with one attached hydrogen (secondary N) is 1. The van der Waals surface area contributed by atoms with Gasteiger partial charge in [0.1, 0.15) is 23.2 Å². The van der Waals surface area contributed by atoms with E-state index in [4.69, 9.17) is 39.2 Å². The van der Waals surface area contributed by atoms with Crippen LogP contribution >= 0.6 is 34.8 Å². The van der Waals surface area contributed by atoms with E-state index in [1.54, 1.807) is 54.6 Å². The quantitative estimate of drug-likeness (QED) is 0.392. The molecule has 1 amide bonds. The average Bonchev–Trinajstić information content (AvgIpc) is 3.12. The van der Waals surface area contributed by atoms with Gasteiger partial charge in [-0.2, -0.15) is 5.26 Å². The molecular formula is C20H11Cl3N2O2. The zero-order valence-corrected chi connectivity index (χ0v) is 15.9. The van der Waals surface area contributed by atoms with Gasteiger partial charge in [0.25, 0.3) is 5.91 Å². The fourth-order valence-electron chi connectivity index (χ4n) is 2.31. The maximum absolute atomic E-state index is 12.3. The summed E-state index contributed by atoms with van der Waals surface area (Å²) in [6, 6.07) is 17.1. The fourth-order valence-corrected chi connectivity index (χ4v) is 2.89. The number of furan rings is 1. The Bertz CT molecular complexity index is 1080. The lowest BCUT2D eigenvalue weighted by atomic mass is 10.2. The van der Waals surface area contributed by atoms with Gasteiger partial charge in [-0.15, -0.1) is 0 Å². The van der Waals surface area contributed by atoms with E-state index < -0.39 is 5.91 Å². The molecule has 7 heteroatoms. The van der Waals surface area contributed by atoms with E-state index in [1.165, 1.54) is 6.08 Å². The molecule has 0 aliphatic rings. The van der Waals surface area contributed by atoms with Crippen molar-refractivity contribution in [3.63, 3.8) is 0 Å². The first-order valence-electron chi connectivity index (χ1n) is 7.71. The van der Waals surface area contributed by atoms with Crippen LogP contribution in [0.1, 0.15) is 5.76 Å². The Labute approximate surface area is 170 Å². The number of carbonyl (C=O) groups excluding carboxylic acids is 1. The Hall–Kier alpha value is -2.71. The number of hydrogen-bond acceptors (Lipinski definition) is 3. The summed E-state index contributed by atoms with van der Waals surface area (Å²) in [6.07, 6.45) is 1.34. The van der Waals surface area contributed by atoms with Gasteiger partial charge in [-0.3, -0.25) is 4.79 Å². The molecule has 0 aliphatic heterocycles. The van der Waals surface area contributed by atoms with Crippen molar-refractivity contribution in [1.82, 2.24) is 0 Å². The third kappa shape index (κ3) is 4.35. The predicted octanol–water partition coefficient (Wildman–Crippen LogP) is 6.45. The molecule has 0 bridgehead atoms. The van der Waals surface area contributed by atoms with E-state index in [-0.39, 0.29) is 5.57 Å². The Balaban J connectivity index is 1.86. The number of para-hydroxylation sites is 1. The second-order valence-electron chi connectivity index (χ2n) is 5.41. The van der Waals surface area contributed by atoms with Gasteiger partial charge >= 0.3 is 0 Å². The number of carbonyl (C=O) groups is 1. The van der Waals surface area contributed by atoms with Crippen molar-refractivity contribution < 1.29 is 9.21 Å². The highest BCUT2D eigenvalue weighted by Crippen LogP contribution is 2.34. The average molecular weight is 418 g/mol. The highest BCUT2D eigenvalue weighted by atomic mass is 35.5. The normalized spacial score (nSPS) is 11.1. The van der Waals surface area contributed by atoms with Gasteiger partial charge in [0.15, 0.2) is 0 Å². The van der Waals surface area contributed by atoms with E-state index >= 15 is 0 Å². The summed E-state index contributed by atoms with van der Waals surface area (Å²) in [5.74, 6) is 0.203. The zero-order chi connectivity index (χ0) is 19.4. The van der Waals surface area contributed by atoms with Gasteiger partial charge < -0.3 is 9.73 Å². The number of amides is 1. The van der Waals surface area contributed by atoms with E-state index in [9.17, 15) is 10.1 Å². The van der Waals surface area contributed by atoms with Gasteiger partial charge in [0.2, 0.25) is 0 Å². The number of anilines is 1. The molecule has 0 aliphatic carbocycles. The van der Waals surface area contributed by atoms with Crippen molar-refractivity contribution in [1.29, 1.82) is 5.26 Å². The van der Waals surface area contributed by atoms with Crippen molar-refractivity contribution in [2.24, 2.45) is 0 Å². The van der Waals surface area contributed by atoms with Crippen LogP contribution in [0.4, 0.5) is 5.69 Å². The molecule has 0 radical (unpaired) electrons. The van der Waals surface area contributed by atoms with Crippen molar-refractivity contribution in [3.8, 4) is 17.4 Å². The summed E-state index contributed by atoms with van der Waals surface area (Å²) in [5.41, 5.74) is 0.895. The number of benzene rings is 2. The van der Waals surface area contributed by atoms with Crippen LogP contribution in [0.5, 0.6) is 0 Å².